The third kappa shape index (κ3) is 3.43. The topological polar surface area (TPSA) is 52.4 Å². The lowest BCUT2D eigenvalue weighted by Crippen LogP contribution is -2.10. The largest absolute Gasteiger partial charge is 0.486 e. The second-order valence-electron chi connectivity index (χ2n) is 3.32. The van der Waals surface area contributed by atoms with Crippen LogP contribution in [-0.4, -0.2) is 17.3 Å². The van der Waals surface area contributed by atoms with Crippen molar-refractivity contribution >= 4 is 18.3 Å². The molecule has 1 unspecified atom stereocenters. The molecule has 1 aromatic carbocycles. The van der Waals surface area contributed by atoms with Gasteiger partial charge in [-0.05, 0) is 17.7 Å². The van der Waals surface area contributed by atoms with E-state index in [1.54, 1.807) is 18.2 Å². The van der Waals surface area contributed by atoms with E-state index in [9.17, 15) is 10.1 Å². The fourth-order valence-electron chi connectivity index (χ4n) is 1.01. The van der Waals surface area contributed by atoms with Crippen LogP contribution in [0.15, 0.2) is 24.3 Å². The number of benzene rings is 1. The third-order valence-electron chi connectivity index (χ3n) is 1.90. The minimum atomic E-state index is -0.444. The van der Waals surface area contributed by atoms with E-state index in [2.05, 4.69) is 12.6 Å². The van der Waals surface area contributed by atoms with E-state index in [0.717, 1.165) is 0 Å². The maximum absolute atomic E-state index is 10.6. The summed E-state index contributed by atoms with van der Waals surface area (Å²) in [7, 11) is 0. The average Bonchev–Trinajstić information content (AvgIpc) is 2.26. The molecule has 0 aromatic heterocycles. The number of rotatable bonds is 5. The molecule has 1 atom stereocenters. The molecule has 5 heteroatoms. The van der Waals surface area contributed by atoms with E-state index < -0.39 is 4.92 Å². The fourth-order valence-corrected chi connectivity index (χ4v) is 1.12. The molecule has 1 aromatic rings. The van der Waals surface area contributed by atoms with Crippen LogP contribution < -0.4 is 4.74 Å². The molecular weight excluding hydrogens is 214 g/mol. The predicted molar refractivity (Wildman–Crippen MR) is 61.6 cm³/mol. The summed E-state index contributed by atoms with van der Waals surface area (Å²) in [6.45, 7) is 2.41. The molecule has 0 heterocycles. The molecule has 0 aliphatic heterocycles. The maximum atomic E-state index is 10.6. The van der Waals surface area contributed by atoms with Crippen LogP contribution in [0.25, 0.3) is 0 Å². The van der Waals surface area contributed by atoms with Crippen molar-refractivity contribution in [3.05, 3.63) is 34.4 Å². The van der Waals surface area contributed by atoms with E-state index in [0.29, 0.717) is 18.1 Å². The molecule has 0 aliphatic rings. The van der Waals surface area contributed by atoms with Crippen LogP contribution in [0.1, 0.15) is 6.92 Å². The highest BCUT2D eigenvalue weighted by atomic mass is 32.1. The molecule has 0 saturated heterocycles. The maximum Gasteiger partial charge on any atom is 0.310 e. The van der Waals surface area contributed by atoms with Gasteiger partial charge >= 0.3 is 5.69 Å². The molecule has 0 spiro atoms. The molecule has 4 nitrogen and oxygen atoms in total. The molecule has 15 heavy (non-hydrogen) atoms. The summed E-state index contributed by atoms with van der Waals surface area (Å²) < 4.78 is 5.36. The number of hydrogen-bond acceptors (Lipinski definition) is 4. The first-order chi connectivity index (χ1) is 7.15. The van der Waals surface area contributed by atoms with Gasteiger partial charge in [-0.25, -0.2) is 0 Å². The zero-order valence-corrected chi connectivity index (χ0v) is 9.31. The number of nitro benzene ring substituents is 1. The Morgan fingerprint density at radius 2 is 2.20 bits per heavy atom. The quantitative estimate of drug-likeness (QED) is 0.478. The van der Waals surface area contributed by atoms with E-state index >= 15 is 0 Å². The number of nitro groups is 1. The molecule has 0 saturated carbocycles. The minimum absolute atomic E-state index is 0.00358. The van der Waals surface area contributed by atoms with Crippen LogP contribution in [0.5, 0.6) is 5.75 Å². The van der Waals surface area contributed by atoms with Crippen molar-refractivity contribution in [1.82, 2.24) is 0 Å². The van der Waals surface area contributed by atoms with Gasteiger partial charge in [-0.15, -0.1) is 0 Å². The van der Waals surface area contributed by atoms with Crippen molar-refractivity contribution < 1.29 is 9.66 Å². The Morgan fingerprint density at radius 3 is 2.80 bits per heavy atom. The van der Waals surface area contributed by atoms with Gasteiger partial charge in [0.05, 0.1) is 11.5 Å². The lowest BCUT2D eigenvalue weighted by molar-refractivity contribution is -0.385. The monoisotopic (exact) mass is 227 g/mol. The minimum Gasteiger partial charge on any atom is -0.486 e. The Labute approximate surface area is 93.8 Å². The molecule has 82 valence electrons. The summed E-state index contributed by atoms with van der Waals surface area (Å²) >= 11 is 4.11. The Bertz CT molecular complexity index is 343. The van der Waals surface area contributed by atoms with Crippen LogP contribution in [0.2, 0.25) is 0 Å². The molecule has 0 radical (unpaired) electrons. The first-order valence-corrected chi connectivity index (χ1v) is 5.25. The highest BCUT2D eigenvalue weighted by Crippen LogP contribution is 2.26. The molecule has 0 amide bonds. The lowest BCUT2D eigenvalue weighted by Gasteiger charge is -2.10. The van der Waals surface area contributed by atoms with Crippen molar-refractivity contribution in [3.63, 3.8) is 0 Å². The van der Waals surface area contributed by atoms with Gasteiger partial charge in [0.2, 0.25) is 0 Å². The normalized spacial score (nSPS) is 12.1. The molecule has 0 bridgehead atoms. The second kappa shape index (κ2) is 5.60. The van der Waals surface area contributed by atoms with Crippen LogP contribution >= 0.6 is 12.6 Å². The Morgan fingerprint density at radius 1 is 1.53 bits per heavy atom. The van der Waals surface area contributed by atoms with E-state index in [1.165, 1.54) is 6.07 Å². The fraction of sp³-hybridized carbons (Fsp3) is 0.400. The van der Waals surface area contributed by atoms with Gasteiger partial charge < -0.3 is 4.74 Å². The highest BCUT2D eigenvalue weighted by molar-refractivity contribution is 7.80. The van der Waals surface area contributed by atoms with Gasteiger partial charge in [-0.3, -0.25) is 10.1 Å². The summed E-state index contributed by atoms with van der Waals surface area (Å²) in [5, 5.41) is 10.6. The van der Waals surface area contributed by atoms with Crippen molar-refractivity contribution in [2.24, 2.45) is 5.92 Å². The van der Waals surface area contributed by atoms with Crippen molar-refractivity contribution in [2.45, 2.75) is 6.92 Å². The average molecular weight is 227 g/mol. The van der Waals surface area contributed by atoms with Crippen molar-refractivity contribution in [2.75, 3.05) is 12.4 Å². The summed E-state index contributed by atoms with van der Waals surface area (Å²) in [6.07, 6.45) is 0. The highest BCUT2D eigenvalue weighted by Gasteiger charge is 2.14. The Balaban J connectivity index is 2.72. The number of hydrogen-bond donors (Lipinski definition) is 1. The van der Waals surface area contributed by atoms with Gasteiger partial charge in [0.1, 0.15) is 0 Å². The van der Waals surface area contributed by atoms with Gasteiger partial charge in [-0.1, -0.05) is 19.1 Å². The second-order valence-corrected chi connectivity index (χ2v) is 3.69. The first kappa shape index (κ1) is 11.8. The number of nitrogens with zero attached hydrogens (tertiary/aromatic N) is 1. The summed E-state index contributed by atoms with van der Waals surface area (Å²) in [4.78, 5) is 10.2. The van der Waals surface area contributed by atoms with Crippen molar-refractivity contribution in [3.8, 4) is 5.75 Å². The van der Waals surface area contributed by atoms with Gasteiger partial charge in [0.15, 0.2) is 5.75 Å². The number of para-hydroxylation sites is 2. The van der Waals surface area contributed by atoms with Gasteiger partial charge in [-0.2, -0.15) is 12.6 Å². The molecule has 1 rings (SSSR count). The van der Waals surface area contributed by atoms with Gasteiger partial charge in [0.25, 0.3) is 0 Å². The number of thiol groups is 1. The Kier molecular flexibility index (Phi) is 4.42. The third-order valence-corrected chi connectivity index (χ3v) is 2.52. The molecule has 0 aliphatic carbocycles. The van der Waals surface area contributed by atoms with Crippen LogP contribution in [-0.2, 0) is 0 Å². The van der Waals surface area contributed by atoms with E-state index in [1.807, 2.05) is 6.92 Å². The van der Waals surface area contributed by atoms with Crippen LogP contribution in [0, 0.1) is 16.0 Å². The van der Waals surface area contributed by atoms with Crippen molar-refractivity contribution in [1.29, 1.82) is 0 Å². The van der Waals surface area contributed by atoms with Crippen LogP contribution in [0.3, 0.4) is 0 Å². The summed E-state index contributed by atoms with van der Waals surface area (Å²) in [5.74, 6) is 1.28. The Hall–Kier alpha value is -1.23. The standard InChI is InChI=1S/C10H13NO3S/c1-8(7-15)6-14-10-5-3-2-4-9(10)11(12)13/h2-5,8,15H,6-7H2,1H3. The summed E-state index contributed by atoms with van der Waals surface area (Å²) in [6, 6.07) is 6.37. The molecule has 0 fully saturated rings. The zero-order chi connectivity index (χ0) is 11.3. The van der Waals surface area contributed by atoms with Crippen LogP contribution in [0.4, 0.5) is 5.69 Å². The van der Waals surface area contributed by atoms with E-state index in [4.69, 9.17) is 4.74 Å². The predicted octanol–water partition coefficient (Wildman–Crippen LogP) is 2.54. The molecular formula is C10H13NO3S. The number of ether oxygens (including phenoxy) is 1. The molecule has 0 N–H and O–H groups in total. The lowest BCUT2D eigenvalue weighted by atomic mass is 10.2. The summed E-state index contributed by atoms with van der Waals surface area (Å²) in [5.41, 5.74) is 0.00358. The van der Waals surface area contributed by atoms with E-state index in [-0.39, 0.29) is 11.6 Å². The van der Waals surface area contributed by atoms with Gasteiger partial charge in [0, 0.05) is 6.07 Å². The SMILES string of the molecule is CC(CS)COc1ccccc1[N+](=O)[O-]. The smallest absolute Gasteiger partial charge is 0.310 e. The first-order valence-electron chi connectivity index (χ1n) is 4.62. The zero-order valence-electron chi connectivity index (χ0n) is 8.42.